The van der Waals surface area contributed by atoms with Crippen LogP contribution in [0, 0.1) is 5.92 Å². The molecule has 2 atom stereocenters. The number of piperidine rings is 1. The molecule has 1 saturated heterocycles. The third kappa shape index (κ3) is 3.42. The molecule has 130 valence electrons. The highest BCUT2D eigenvalue weighted by Gasteiger charge is 2.24. The van der Waals surface area contributed by atoms with Crippen LogP contribution in [0.5, 0.6) is 0 Å². The molecular formula is C20H25N5. The van der Waals surface area contributed by atoms with Gasteiger partial charge in [-0.1, -0.05) is 19.9 Å². The maximum Gasteiger partial charge on any atom is 0.181 e. The topological polar surface area (TPSA) is 66.5 Å². The van der Waals surface area contributed by atoms with E-state index in [1.54, 1.807) is 6.20 Å². The predicted molar refractivity (Wildman–Crippen MR) is 100 cm³/mol. The third-order valence-corrected chi connectivity index (χ3v) is 5.03. The van der Waals surface area contributed by atoms with Crippen molar-refractivity contribution in [3.63, 3.8) is 0 Å². The summed E-state index contributed by atoms with van der Waals surface area (Å²) in [5.74, 6) is 1.25. The van der Waals surface area contributed by atoms with Crippen LogP contribution in [0.15, 0.2) is 36.5 Å². The lowest BCUT2D eigenvalue weighted by atomic mass is 9.86. The van der Waals surface area contributed by atoms with E-state index < -0.39 is 0 Å². The zero-order chi connectivity index (χ0) is 17.2. The van der Waals surface area contributed by atoms with Crippen LogP contribution in [-0.2, 0) is 0 Å². The van der Waals surface area contributed by atoms with Crippen molar-refractivity contribution in [3.05, 3.63) is 42.2 Å². The second-order valence-electron chi connectivity index (χ2n) is 7.42. The number of H-pyrrole nitrogens is 1. The summed E-state index contributed by atoms with van der Waals surface area (Å²) >= 11 is 0. The highest BCUT2D eigenvalue weighted by molar-refractivity contribution is 5.89. The summed E-state index contributed by atoms with van der Waals surface area (Å²) in [6, 6.07) is 10.9. The van der Waals surface area contributed by atoms with Gasteiger partial charge in [-0.3, -0.25) is 10.1 Å². The first-order valence-corrected chi connectivity index (χ1v) is 9.20. The smallest absolute Gasteiger partial charge is 0.181 e. The van der Waals surface area contributed by atoms with E-state index in [0.717, 1.165) is 41.3 Å². The van der Waals surface area contributed by atoms with Crippen LogP contribution in [0.4, 0.5) is 0 Å². The molecule has 0 spiro atoms. The Kier molecular flexibility index (Phi) is 4.49. The minimum absolute atomic E-state index is 0.525. The van der Waals surface area contributed by atoms with Crippen LogP contribution >= 0.6 is 0 Å². The number of pyridine rings is 2. The van der Waals surface area contributed by atoms with Crippen molar-refractivity contribution in [3.8, 4) is 11.4 Å². The molecule has 0 amide bonds. The van der Waals surface area contributed by atoms with E-state index in [1.165, 1.54) is 18.5 Å². The molecule has 2 N–H and O–H groups in total. The Morgan fingerprint density at radius 1 is 1.20 bits per heavy atom. The van der Waals surface area contributed by atoms with Crippen molar-refractivity contribution in [1.82, 2.24) is 25.5 Å². The molecule has 5 heteroatoms. The second-order valence-corrected chi connectivity index (χ2v) is 7.42. The Morgan fingerprint density at radius 2 is 2.12 bits per heavy atom. The monoisotopic (exact) mass is 335 g/mol. The molecule has 1 unspecified atom stereocenters. The molecule has 3 aromatic rings. The van der Waals surface area contributed by atoms with E-state index in [9.17, 15) is 0 Å². The Hall–Kier alpha value is -2.27. The van der Waals surface area contributed by atoms with Crippen LogP contribution in [0.2, 0.25) is 0 Å². The SMILES string of the molecule is CC(C)C[C@@H]1CC(c2cccc(-c3[nH]nc4ncccc34)n2)CCN1. The van der Waals surface area contributed by atoms with E-state index >= 15 is 0 Å². The summed E-state index contributed by atoms with van der Waals surface area (Å²) in [6.45, 7) is 5.66. The van der Waals surface area contributed by atoms with Gasteiger partial charge in [0.1, 0.15) is 0 Å². The van der Waals surface area contributed by atoms with Crippen LogP contribution in [-0.4, -0.2) is 32.8 Å². The Labute approximate surface area is 148 Å². The largest absolute Gasteiger partial charge is 0.314 e. The molecule has 5 nitrogen and oxygen atoms in total. The first-order valence-electron chi connectivity index (χ1n) is 9.20. The Morgan fingerprint density at radius 3 is 3.00 bits per heavy atom. The van der Waals surface area contributed by atoms with Gasteiger partial charge in [-0.15, -0.1) is 0 Å². The molecule has 0 bridgehead atoms. The summed E-state index contributed by atoms with van der Waals surface area (Å²) in [6.07, 6.45) is 5.31. The average Bonchev–Trinajstić information content (AvgIpc) is 3.06. The van der Waals surface area contributed by atoms with Crippen LogP contribution in [0.1, 0.15) is 44.7 Å². The minimum atomic E-state index is 0.525. The Balaban J connectivity index is 1.61. The standard InChI is InChI=1S/C20H25N5/c1-13(2)11-15-12-14(8-10-21-15)17-6-3-7-18(23-17)19-16-5-4-9-22-20(16)25-24-19/h3-7,9,13-15,21H,8,10-12H2,1-2H3,(H,22,24,25)/t14?,15-/m1/s1. The van der Waals surface area contributed by atoms with Gasteiger partial charge in [-0.25, -0.2) is 4.98 Å². The molecule has 0 saturated carbocycles. The van der Waals surface area contributed by atoms with E-state index in [0.29, 0.717) is 12.0 Å². The van der Waals surface area contributed by atoms with Gasteiger partial charge in [0, 0.05) is 29.2 Å². The average molecular weight is 335 g/mol. The fourth-order valence-corrected chi connectivity index (χ4v) is 3.89. The third-order valence-electron chi connectivity index (χ3n) is 5.03. The summed E-state index contributed by atoms with van der Waals surface area (Å²) < 4.78 is 0. The molecule has 1 aliphatic rings. The molecule has 25 heavy (non-hydrogen) atoms. The van der Waals surface area contributed by atoms with Gasteiger partial charge in [-0.05, 0) is 56.0 Å². The van der Waals surface area contributed by atoms with E-state index in [2.05, 4.69) is 52.5 Å². The van der Waals surface area contributed by atoms with Gasteiger partial charge in [0.05, 0.1) is 11.4 Å². The maximum atomic E-state index is 4.98. The summed E-state index contributed by atoms with van der Waals surface area (Å²) in [5.41, 5.74) is 3.84. The molecule has 0 aromatic carbocycles. The van der Waals surface area contributed by atoms with Gasteiger partial charge >= 0.3 is 0 Å². The lowest BCUT2D eigenvalue weighted by Crippen LogP contribution is -2.38. The number of hydrogen-bond donors (Lipinski definition) is 2. The van der Waals surface area contributed by atoms with Gasteiger partial charge in [0.2, 0.25) is 0 Å². The molecule has 4 rings (SSSR count). The molecule has 0 aliphatic carbocycles. The van der Waals surface area contributed by atoms with Gasteiger partial charge < -0.3 is 5.32 Å². The summed E-state index contributed by atoms with van der Waals surface area (Å²) in [7, 11) is 0. The van der Waals surface area contributed by atoms with Gasteiger partial charge in [-0.2, -0.15) is 5.10 Å². The summed E-state index contributed by atoms with van der Waals surface area (Å²) in [4.78, 5) is 9.27. The second kappa shape index (κ2) is 6.92. The van der Waals surface area contributed by atoms with Crippen molar-refractivity contribution in [1.29, 1.82) is 0 Å². The number of hydrogen-bond acceptors (Lipinski definition) is 4. The number of aromatic nitrogens is 4. The van der Waals surface area contributed by atoms with Crippen molar-refractivity contribution in [2.45, 2.75) is 45.1 Å². The maximum absolute atomic E-state index is 4.98. The van der Waals surface area contributed by atoms with Crippen molar-refractivity contribution in [2.75, 3.05) is 6.54 Å². The normalized spacial score (nSPS) is 21.1. The fourth-order valence-electron chi connectivity index (χ4n) is 3.89. The zero-order valence-electron chi connectivity index (χ0n) is 14.9. The molecule has 1 fully saturated rings. The highest BCUT2D eigenvalue weighted by Crippen LogP contribution is 2.31. The van der Waals surface area contributed by atoms with Crippen molar-refractivity contribution < 1.29 is 0 Å². The molecular weight excluding hydrogens is 310 g/mol. The molecule has 0 radical (unpaired) electrons. The van der Waals surface area contributed by atoms with E-state index in [4.69, 9.17) is 4.98 Å². The number of nitrogens with one attached hydrogen (secondary N) is 2. The van der Waals surface area contributed by atoms with Crippen molar-refractivity contribution in [2.24, 2.45) is 5.92 Å². The predicted octanol–water partition coefficient (Wildman–Crippen LogP) is 3.90. The van der Waals surface area contributed by atoms with E-state index in [1.807, 2.05) is 12.1 Å². The Bertz CT molecular complexity index is 854. The first-order chi connectivity index (χ1) is 12.2. The zero-order valence-corrected chi connectivity index (χ0v) is 14.9. The van der Waals surface area contributed by atoms with E-state index in [-0.39, 0.29) is 0 Å². The van der Waals surface area contributed by atoms with Crippen LogP contribution < -0.4 is 5.32 Å². The van der Waals surface area contributed by atoms with Crippen LogP contribution in [0.3, 0.4) is 0 Å². The lowest BCUT2D eigenvalue weighted by molar-refractivity contribution is 0.316. The van der Waals surface area contributed by atoms with Crippen molar-refractivity contribution >= 4 is 11.0 Å². The quantitative estimate of drug-likeness (QED) is 0.759. The molecule has 1 aliphatic heterocycles. The lowest BCUT2D eigenvalue weighted by Gasteiger charge is -2.31. The number of nitrogens with zero attached hydrogens (tertiary/aromatic N) is 3. The number of aromatic amines is 1. The highest BCUT2D eigenvalue weighted by atomic mass is 15.2. The summed E-state index contributed by atoms with van der Waals surface area (Å²) in [5, 5.41) is 12.1. The fraction of sp³-hybridized carbons (Fsp3) is 0.450. The minimum Gasteiger partial charge on any atom is -0.314 e. The van der Waals surface area contributed by atoms with Gasteiger partial charge in [0.15, 0.2) is 5.65 Å². The molecule has 3 aromatic heterocycles. The number of rotatable bonds is 4. The van der Waals surface area contributed by atoms with Crippen LogP contribution in [0.25, 0.3) is 22.4 Å². The first kappa shape index (κ1) is 16.2. The molecule has 4 heterocycles. The number of fused-ring (bicyclic) bond motifs is 1. The van der Waals surface area contributed by atoms with Gasteiger partial charge in [0.25, 0.3) is 0 Å².